The Morgan fingerprint density at radius 2 is 1.54 bits per heavy atom. The molecule has 1 heterocycles. The third-order valence-electron chi connectivity index (χ3n) is 6.28. The summed E-state index contributed by atoms with van der Waals surface area (Å²) < 4.78 is 11.2. The van der Waals surface area contributed by atoms with Crippen LogP contribution in [0, 0.1) is 0 Å². The topological polar surface area (TPSA) is 122 Å². The lowest BCUT2D eigenvalue weighted by molar-refractivity contribution is -0.140. The number of likely N-dealkylation sites (tertiary alicyclic amines) is 1. The third kappa shape index (κ3) is 6.63. The van der Waals surface area contributed by atoms with Crippen molar-refractivity contribution in [2.45, 2.75) is 12.6 Å². The minimum Gasteiger partial charge on any atom is -0.507 e. The average molecular weight is 530 g/mol. The number of aliphatic hydroxyl groups is 1. The normalized spacial score (nSPS) is 16.5. The molecule has 0 aliphatic carbocycles. The molecule has 4 rings (SSSR count). The number of ether oxygens (including phenoxy) is 2. The molecule has 3 aromatic rings. The highest BCUT2D eigenvalue weighted by Crippen LogP contribution is 2.39. The van der Waals surface area contributed by atoms with Gasteiger partial charge < -0.3 is 30.1 Å². The summed E-state index contributed by atoms with van der Waals surface area (Å²) in [5.41, 5.74) is 7.17. The summed E-state index contributed by atoms with van der Waals surface area (Å²) in [4.78, 5) is 40.7. The van der Waals surface area contributed by atoms with Crippen molar-refractivity contribution in [2.24, 2.45) is 5.73 Å². The molecule has 1 atom stereocenters. The highest BCUT2D eigenvalue weighted by molar-refractivity contribution is 6.46. The summed E-state index contributed by atoms with van der Waals surface area (Å²) >= 11 is 0. The largest absolute Gasteiger partial charge is 0.507 e. The van der Waals surface area contributed by atoms with E-state index in [1.54, 1.807) is 48.5 Å². The van der Waals surface area contributed by atoms with Gasteiger partial charge in [0.2, 0.25) is 0 Å². The lowest BCUT2D eigenvalue weighted by Crippen LogP contribution is -2.35. The predicted octanol–water partition coefficient (Wildman–Crippen LogP) is 3.11. The number of nitrogens with two attached hydrogens (primary N) is 1. The van der Waals surface area contributed by atoms with Gasteiger partial charge in [-0.3, -0.25) is 14.4 Å². The van der Waals surface area contributed by atoms with Crippen LogP contribution in [0.3, 0.4) is 0 Å². The molecule has 39 heavy (non-hydrogen) atoms. The Balaban J connectivity index is 1.64. The fourth-order valence-corrected chi connectivity index (χ4v) is 4.27. The van der Waals surface area contributed by atoms with Crippen molar-refractivity contribution >= 4 is 23.4 Å². The number of carbonyl (C=O) groups excluding carboxylic acids is 3. The molecule has 1 saturated heterocycles. The van der Waals surface area contributed by atoms with Crippen molar-refractivity contribution in [3.63, 3.8) is 0 Å². The molecule has 202 valence electrons. The Morgan fingerprint density at radius 1 is 0.923 bits per heavy atom. The van der Waals surface area contributed by atoms with Crippen molar-refractivity contribution < 1.29 is 29.0 Å². The first kappa shape index (κ1) is 27.4. The average Bonchev–Trinajstić information content (AvgIpc) is 3.19. The maximum absolute atomic E-state index is 13.2. The smallest absolute Gasteiger partial charge is 0.295 e. The second kappa shape index (κ2) is 12.3. The van der Waals surface area contributed by atoms with Gasteiger partial charge in [-0.05, 0) is 61.6 Å². The molecule has 3 aromatic carbocycles. The molecule has 0 spiro atoms. The number of hydrogen-bond acceptors (Lipinski definition) is 7. The number of benzene rings is 3. The third-order valence-corrected chi connectivity index (χ3v) is 6.28. The van der Waals surface area contributed by atoms with E-state index in [1.807, 2.05) is 49.3 Å². The molecule has 2 amide bonds. The van der Waals surface area contributed by atoms with E-state index in [1.165, 1.54) is 4.90 Å². The van der Waals surface area contributed by atoms with E-state index in [2.05, 4.69) is 0 Å². The van der Waals surface area contributed by atoms with E-state index < -0.39 is 23.6 Å². The van der Waals surface area contributed by atoms with Crippen LogP contribution < -0.4 is 15.2 Å². The highest BCUT2D eigenvalue weighted by atomic mass is 16.5. The van der Waals surface area contributed by atoms with Crippen LogP contribution in [0.4, 0.5) is 0 Å². The summed E-state index contributed by atoms with van der Waals surface area (Å²) in [6.45, 7) is 0.927. The van der Waals surface area contributed by atoms with Gasteiger partial charge in [-0.15, -0.1) is 0 Å². The molecule has 9 nitrogen and oxygen atoms in total. The van der Waals surface area contributed by atoms with E-state index in [0.717, 1.165) is 5.56 Å². The molecule has 0 aromatic heterocycles. The maximum atomic E-state index is 13.2. The number of carbonyl (C=O) groups is 3. The fourth-order valence-electron chi connectivity index (χ4n) is 4.27. The lowest BCUT2D eigenvalue weighted by atomic mass is 9.95. The first-order valence-electron chi connectivity index (χ1n) is 12.5. The number of nitrogens with zero attached hydrogens (tertiary/aromatic N) is 2. The minimum absolute atomic E-state index is 0.00233. The SMILES string of the molecule is CN(C)CCN1C(=O)C(=O)C(=C(O)c2ccc(OCc3ccccc3)cc2)C1c1ccc(OCC(N)=O)cc1. The van der Waals surface area contributed by atoms with Crippen molar-refractivity contribution in [1.29, 1.82) is 0 Å². The summed E-state index contributed by atoms with van der Waals surface area (Å²) in [5, 5.41) is 11.3. The van der Waals surface area contributed by atoms with E-state index >= 15 is 0 Å². The molecule has 1 aliphatic heterocycles. The second-order valence-electron chi connectivity index (χ2n) is 9.42. The standard InChI is InChI=1S/C30H31N3O6/c1-32(2)16-17-33-27(21-8-12-24(13-9-21)39-19-25(31)34)26(29(36)30(33)37)28(35)22-10-14-23(15-11-22)38-18-20-6-4-3-5-7-20/h3-15,27,35H,16-19H2,1-2H3,(H2,31,34). The van der Waals surface area contributed by atoms with Crippen molar-refractivity contribution in [1.82, 2.24) is 9.80 Å². The molecule has 1 fully saturated rings. The highest BCUT2D eigenvalue weighted by Gasteiger charge is 2.45. The van der Waals surface area contributed by atoms with Gasteiger partial charge in [0.25, 0.3) is 17.6 Å². The van der Waals surface area contributed by atoms with Gasteiger partial charge in [0.15, 0.2) is 6.61 Å². The van der Waals surface area contributed by atoms with Crippen LogP contribution in [0.25, 0.3) is 5.76 Å². The molecular formula is C30H31N3O6. The summed E-state index contributed by atoms with van der Waals surface area (Å²) in [6.07, 6.45) is 0. The van der Waals surface area contributed by atoms with Crippen LogP contribution in [0.5, 0.6) is 11.5 Å². The lowest BCUT2D eigenvalue weighted by Gasteiger charge is -2.26. The first-order valence-corrected chi connectivity index (χ1v) is 12.5. The number of primary amides is 1. The van der Waals surface area contributed by atoms with Crippen LogP contribution in [0.2, 0.25) is 0 Å². The minimum atomic E-state index is -0.802. The van der Waals surface area contributed by atoms with Crippen LogP contribution in [0.15, 0.2) is 84.4 Å². The van der Waals surface area contributed by atoms with Gasteiger partial charge in [0.05, 0.1) is 11.6 Å². The van der Waals surface area contributed by atoms with Crippen LogP contribution in [0.1, 0.15) is 22.7 Å². The molecule has 0 bridgehead atoms. The van der Waals surface area contributed by atoms with Gasteiger partial charge in [-0.1, -0.05) is 42.5 Å². The van der Waals surface area contributed by atoms with Gasteiger partial charge in [0, 0.05) is 18.7 Å². The summed E-state index contributed by atoms with van der Waals surface area (Å²) in [7, 11) is 3.75. The van der Waals surface area contributed by atoms with Gasteiger partial charge in [-0.25, -0.2) is 0 Å². The van der Waals surface area contributed by atoms with E-state index in [0.29, 0.717) is 35.8 Å². The molecule has 9 heteroatoms. The fraction of sp³-hybridized carbons (Fsp3) is 0.233. The van der Waals surface area contributed by atoms with Crippen LogP contribution >= 0.6 is 0 Å². The number of aliphatic hydroxyl groups excluding tert-OH is 1. The summed E-state index contributed by atoms with van der Waals surface area (Å²) in [6, 6.07) is 22.3. The van der Waals surface area contributed by atoms with E-state index in [-0.39, 0.29) is 24.5 Å². The Morgan fingerprint density at radius 3 is 2.15 bits per heavy atom. The predicted molar refractivity (Wildman–Crippen MR) is 146 cm³/mol. The Labute approximate surface area is 227 Å². The molecular weight excluding hydrogens is 498 g/mol. The molecule has 0 saturated carbocycles. The van der Waals surface area contributed by atoms with Crippen LogP contribution in [-0.2, 0) is 21.0 Å². The van der Waals surface area contributed by atoms with E-state index in [4.69, 9.17) is 15.2 Å². The molecule has 0 radical (unpaired) electrons. The number of likely N-dealkylation sites (N-methyl/N-ethyl adjacent to an activating group) is 1. The van der Waals surface area contributed by atoms with Crippen LogP contribution in [-0.4, -0.2) is 66.3 Å². The number of Topliss-reactive ketones (excluding diaryl/α,β-unsaturated/α-hetero) is 1. The number of ketones is 1. The zero-order valence-corrected chi connectivity index (χ0v) is 21.9. The zero-order valence-electron chi connectivity index (χ0n) is 21.9. The number of amides is 2. The van der Waals surface area contributed by atoms with Gasteiger partial charge >= 0.3 is 0 Å². The van der Waals surface area contributed by atoms with Crippen molar-refractivity contribution in [3.8, 4) is 11.5 Å². The van der Waals surface area contributed by atoms with E-state index in [9.17, 15) is 19.5 Å². The molecule has 3 N–H and O–H groups in total. The van der Waals surface area contributed by atoms with Crippen molar-refractivity contribution in [2.75, 3.05) is 33.8 Å². The molecule has 1 unspecified atom stereocenters. The Bertz CT molecular complexity index is 1350. The van der Waals surface area contributed by atoms with Gasteiger partial charge in [-0.2, -0.15) is 0 Å². The number of hydrogen-bond donors (Lipinski definition) is 2. The Hall–Kier alpha value is -4.63. The maximum Gasteiger partial charge on any atom is 0.295 e. The zero-order chi connectivity index (χ0) is 27.9. The molecule has 1 aliphatic rings. The summed E-state index contributed by atoms with van der Waals surface area (Å²) in [5.74, 6) is -1.30. The van der Waals surface area contributed by atoms with Gasteiger partial charge in [0.1, 0.15) is 23.9 Å². The number of rotatable bonds is 11. The quantitative estimate of drug-likeness (QED) is 0.222. The Kier molecular flexibility index (Phi) is 8.63. The van der Waals surface area contributed by atoms with Crippen molar-refractivity contribution in [3.05, 3.63) is 101 Å². The first-order chi connectivity index (χ1) is 18.7. The second-order valence-corrected chi connectivity index (χ2v) is 9.42. The monoisotopic (exact) mass is 529 g/mol.